The van der Waals surface area contributed by atoms with E-state index >= 15 is 0 Å². The summed E-state index contributed by atoms with van der Waals surface area (Å²) >= 11 is 6.42. The van der Waals surface area contributed by atoms with Crippen molar-refractivity contribution in [3.8, 4) is 11.3 Å². The van der Waals surface area contributed by atoms with Crippen molar-refractivity contribution in [3.63, 3.8) is 0 Å². The fourth-order valence-electron chi connectivity index (χ4n) is 4.98. The van der Waals surface area contributed by atoms with E-state index < -0.39 is 11.8 Å². The average Bonchev–Trinajstić information content (AvgIpc) is 2.91. The quantitative estimate of drug-likeness (QED) is 0.379. The summed E-state index contributed by atoms with van der Waals surface area (Å²) in [4.78, 5) is 44.9. The van der Waals surface area contributed by atoms with Crippen molar-refractivity contribution in [3.05, 3.63) is 125 Å². The summed E-state index contributed by atoms with van der Waals surface area (Å²) in [6, 6.07) is 23.2. The summed E-state index contributed by atoms with van der Waals surface area (Å²) in [7, 11) is 0. The number of carbonyl (C=O) groups excluding carboxylic acids is 3. The van der Waals surface area contributed by atoms with Crippen LogP contribution in [-0.2, 0) is 0 Å². The van der Waals surface area contributed by atoms with Crippen LogP contribution in [0.3, 0.4) is 0 Å². The Hall–Kier alpha value is -4.35. The number of rotatable bonds is 3. The number of ketones is 2. The van der Waals surface area contributed by atoms with Gasteiger partial charge in [0.15, 0.2) is 11.6 Å². The highest BCUT2D eigenvalue weighted by Gasteiger charge is 2.43. The van der Waals surface area contributed by atoms with Gasteiger partial charge >= 0.3 is 0 Å². The summed E-state index contributed by atoms with van der Waals surface area (Å²) in [6.07, 6.45) is 5.14. The number of carbonyl (C=O) groups is 3. The first-order valence-corrected chi connectivity index (χ1v) is 11.9. The largest absolute Gasteiger partial charge is 0.325 e. The van der Waals surface area contributed by atoms with Gasteiger partial charge in [0.2, 0.25) is 0 Å². The minimum Gasteiger partial charge on any atom is -0.325 e. The van der Waals surface area contributed by atoms with Crippen LogP contribution in [0.5, 0.6) is 0 Å². The molecule has 174 valence electrons. The van der Waals surface area contributed by atoms with Gasteiger partial charge in [-0.2, -0.15) is 0 Å². The molecule has 4 aromatic rings. The van der Waals surface area contributed by atoms with E-state index in [1.807, 2.05) is 42.5 Å². The van der Waals surface area contributed by atoms with E-state index in [9.17, 15) is 14.4 Å². The number of halogens is 1. The van der Waals surface area contributed by atoms with Crippen LogP contribution < -0.4 is 5.32 Å². The van der Waals surface area contributed by atoms with Crippen LogP contribution in [0.2, 0.25) is 5.02 Å². The first-order valence-electron chi connectivity index (χ1n) is 11.5. The van der Waals surface area contributed by atoms with Crippen molar-refractivity contribution in [2.45, 2.75) is 0 Å². The number of aromatic nitrogens is 1. The summed E-state index contributed by atoms with van der Waals surface area (Å²) in [6.45, 7) is 0. The zero-order chi connectivity index (χ0) is 24.8. The number of fused-ring (bicyclic) bond motifs is 3. The number of para-hydroxylation sites is 1. The fraction of sp³-hybridized carbons (Fsp3) is 0.0667. The van der Waals surface area contributed by atoms with Crippen LogP contribution >= 0.6 is 11.6 Å². The Morgan fingerprint density at radius 2 is 1.50 bits per heavy atom. The van der Waals surface area contributed by atoms with E-state index in [0.717, 1.165) is 0 Å². The second-order valence-corrected chi connectivity index (χ2v) is 9.20. The van der Waals surface area contributed by atoms with E-state index in [1.54, 1.807) is 54.6 Å². The van der Waals surface area contributed by atoms with Crippen LogP contribution in [0.25, 0.3) is 22.2 Å². The van der Waals surface area contributed by atoms with E-state index in [1.165, 1.54) is 0 Å². The molecule has 6 heteroatoms. The van der Waals surface area contributed by atoms with Crippen LogP contribution in [-0.4, -0.2) is 22.5 Å². The van der Waals surface area contributed by atoms with Gasteiger partial charge in [-0.25, -0.2) is 4.98 Å². The van der Waals surface area contributed by atoms with Crippen molar-refractivity contribution >= 4 is 40.0 Å². The minimum atomic E-state index is -0.780. The van der Waals surface area contributed by atoms with Gasteiger partial charge in [0.05, 0.1) is 28.6 Å². The molecule has 0 bridgehead atoms. The molecule has 1 heterocycles. The lowest BCUT2D eigenvalue weighted by molar-refractivity contribution is 0.0782. The molecular formula is C30H19ClN2O3. The molecule has 1 amide bonds. The number of pyridine rings is 1. The number of amides is 1. The molecule has 0 saturated heterocycles. The zero-order valence-electron chi connectivity index (χ0n) is 18.9. The van der Waals surface area contributed by atoms with E-state index in [4.69, 9.17) is 16.6 Å². The number of benzene rings is 3. The van der Waals surface area contributed by atoms with Crippen LogP contribution in [0.1, 0.15) is 31.1 Å². The third-order valence-corrected chi connectivity index (χ3v) is 7.03. The summed E-state index contributed by atoms with van der Waals surface area (Å²) < 4.78 is 0. The summed E-state index contributed by atoms with van der Waals surface area (Å²) in [5, 5.41) is 4.14. The maximum Gasteiger partial charge on any atom is 0.256 e. The number of nitrogens with one attached hydrogen (secondary N) is 1. The third-order valence-electron chi connectivity index (χ3n) is 6.70. The Labute approximate surface area is 212 Å². The van der Waals surface area contributed by atoms with Gasteiger partial charge < -0.3 is 5.32 Å². The fourth-order valence-corrected chi connectivity index (χ4v) is 5.21. The average molecular weight is 491 g/mol. The number of hydrogen-bond acceptors (Lipinski definition) is 4. The number of allylic oxidation sites excluding steroid dienone is 4. The van der Waals surface area contributed by atoms with E-state index in [0.29, 0.717) is 49.6 Å². The maximum absolute atomic E-state index is 13.7. The minimum absolute atomic E-state index is 0.123. The Balaban J connectivity index is 1.41. The molecule has 1 aromatic heterocycles. The molecule has 2 aliphatic rings. The summed E-state index contributed by atoms with van der Waals surface area (Å²) in [5.74, 6) is -2.12. The maximum atomic E-state index is 13.7. The van der Waals surface area contributed by atoms with E-state index in [2.05, 4.69) is 5.32 Å². The highest BCUT2D eigenvalue weighted by molar-refractivity contribution is 6.33. The first-order chi connectivity index (χ1) is 17.5. The number of nitrogens with zero attached hydrogens (tertiary/aromatic N) is 1. The SMILES string of the molecule is O=C(NC1=CC=CC2C(=O)c3ccccc3C(=O)C12)c1cc(-c2ccccc2Cl)nc2ccccc12. The molecule has 36 heavy (non-hydrogen) atoms. The van der Waals surface area contributed by atoms with Crippen LogP contribution in [0.15, 0.2) is 103 Å². The molecule has 2 atom stereocenters. The molecule has 6 rings (SSSR count). The van der Waals surface area contributed by atoms with Gasteiger partial charge in [-0.1, -0.05) is 84.4 Å². The van der Waals surface area contributed by atoms with Crippen molar-refractivity contribution in [2.75, 3.05) is 0 Å². The molecule has 0 aliphatic heterocycles. The van der Waals surface area contributed by atoms with Crippen molar-refractivity contribution in [1.29, 1.82) is 0 Å². The topological polar surface area (TPSA) is 76.1 Å². The lowest BCUT2D eigenvalue weighted by Gasteiger charge is -2.32. The van der Waals surface area contributed by atoms with Gasteiger partial charge in [-0.05, 0) is 24.3 Å². The van der Waals surface area contributed by atoms with Gasteiger partial charge in [-0.3, -0.25) is 14.4 Å². The summed E-state index contributed by atoms with van der Waals surface area (Å²) in [5.41, 5.74) is 3.53. The van der Waals surface area contributed by atoms with Crippen LogP contribution in [0, 0.1) is 11.8 Å². The highest BCUT2D eigenvalue weighted by atomic mass is 35.5. The first kappa shape index (κ1) is 22.1. The Morgan fingerprint density at radius 3 is 2.28 bits per heavy atom. The van der Waals surface area contributed by atoms with Crippen molar-refractivity contribution in [2.24, 2.45) is 11.8 Å². The highest BCUT2D eigenvalue weighted by Crippen LogP contribution is 2.37. The van der Waals surface area contributed by atoms with Gasteiger partial charge in [0.1, 0.15) is 0 Å². The molecule has 5 nitrogen and oxygen atoms in total. The Morgan fingerprint density at radius 1 is 0.833 bits per heavy atom. The van der Waals surface area contributed by atoms with Gasteiger partial charge in [0, 0.05) is 32.8 Å². The molecule has 0 radical (unpaired) electrons. The smallest absolute Gasteiger partial charge is 0.256 e. The Bertz CT molecular complexity index is 1650. The predicted molar refractivity (Wildman–Crippen MR) is 139 cm³/mol. The van der Waals surface area contributed by atoms with Crippen molar-refractivity contribution in [1.82, 2.24) is 10.3 Å². The lowest BCUT2D eigenvalue weighted by Crippen LogP contribution is -2.42. The molecule has 0 saturated carbocycles. The second-order valence-electron chi connectivity index (χ2n) is 8.79. The normalized spacial score (nSPS) is 18.4. The molecule has 0 fully saturated rings. The molecular weight excluding hydrogens is 472 g/mol. The number of Topliss-reactive ketones (excluding diaryl/α,β-unsaturated/α-hetero) is 2. The predicted octanol–water partition coefficient (Wildman–Crippen LogP) is 6.05. The van der Waals surface area contributed by atoms with Gasteiger partial charge in [-0.15, -0.1) is 0 Å². The standard InChI is InChI=1S/C30H19ClN2O3/c31-23-13-5-3-11-20(23)26-16-22(17-8-4-6-14-24(17)32-26)30(36)33-25-15-7-12-21-27(25)29(35)19-10-2-1-9-18(19)28(21)34/h1-16,21,27H,(H,33,36). The molecule has 2 aliphatic carbocycles. The van der Waals surface area contributed by atoms with E-state index in [-0.39, 0.29) is 17.5 Å². The lowest BCUT2D eigenvalue weighted by atomic mass is 9.71. The van der Waals surface area contributed by atoms with Crippen molar-refractivity contribution < 1.29 is 14.4 Å². The monoisotopic (exact) mass is 490 g/mol. The van der Waals surface area contributed by atoms with Gasteiger partial charge in [0.25, 0.3) is 5.91 Å². The molecule has 3 aromatic carbocycles. The van der Waals surface area contributed by atoms with Crippen LogP contribution in [0.4, 0.5) is 0 Å². The zero-order valence-corrected chi connectivity index (χ0v) is 19.7. The molecule has 0 spiro atoms. The second kappa shape index (κ2) is 8.70. The molecule has 1 N–H and O–H groups in total. The third kappa shape index (κ3) is 3.56. The molecule has 2 unspecified atom stereocenters. The Kier molecular flexibility index (Phi) is 5.35. The number of hydrogen-bond donors (Lipinski definition) is 1.